The van der Waals surface area contributed by atoms with Gasteiger partial charge in [0.2, 0.25) is 0 Å². The molecule has 2 aromatic carbocycles. The van der Waals surface area contributed by atoms with Crippen LogP contribution < -0.4 is 5.73 Å². The molecular weight excluding hydrogens is 275 g/mol. The first-order valence-corrected chi connectivity index (χ1v) is 6.85. The van der Waals surface area contributed by atoms with E-state index < -0.39 is 0 Å². The van der Waals surface area contributed by atoms with Gasteiger partial charge in [-0.15, -0.1) is 0 Å². The number of nitrogens with zero attached hydrogens (tertiary/aromatic N) is 1. The Kier molecular flexibility index (Phi) is 4.63. The van der Waals surface area contributed by atoms with E-state index in [1.165, 1.54) is 6.07 Å². The molecule has 2 nitrogen and oxygen atoms in total. The SMILES string of the molecule is CC(c1cccc(Cl)c1)N(C)Cc1ccc(N)c(F)c1. The lowest BCUT2D eigenvalue weighted by Gasteiger charge is -2.25. The lowest BCUT2D eigenvalue weighted by molar-refractivity contribution is 0.253. The molecule has 0 fully saturated rings. The second-order valence-electron chi connectivity index (χ2n) is 5.00. The highest BCUT2D eigenvalue weighted by molar-refractivity contribution is 6.30. The predicted molar refractivity (Wildman–Crippen MR) is 82.1 cm³/mol. The van der Waals surface area contributed by atoms with Crippen LogP contribution in [0.2, 0.25) is 5.02 Å². The third-order valence-corrected chi connectivity index (χ3v) is 3.72. The van der Waals surface area contributed by atoms with E-state index in [1.807, 2.05) is 37.4 Å². The number of anilines is 1. The molecule has 2 rings (SSSR count). The van der Waals surface area contributed by atoms with Crippen LogP contribution in [0.1, 0.15) is 24.1 Å². The summed E-state index contributed by atoms with van der Waals surface area (Å²) in [4.78, 5) is 2.14. The second-order valence-corrected chi connectivity index (χ2v) is 5.44. The van der Waals surface area contributed by atoms with Gasteiger partial charge in [0.05, 0.1) is 5.69 Å². The molecule has 0 aromatic heterocycles. The summed E-state index contributed by atoms with van der Waals surface area (Å²) in [5.41, 5.74) is 7.70. The standard InChI is InChI=1S/C16H18ClFN2/c1-11(13-4-3-5-14(17)9-13)20(2)10-12-6-7-16(19)15(18)8-12/h3-9,11H,10,19H2,1-2H3. The van der Waals surface area contributed by atoms with Crippen LogP contribution in [0.5, 0.6) is 0 Å². The summed E-state index contributed by atoms with van der Waals surface area (Å²) < 4.78 is 13.4. The Morgan fingerprint density at radius 3 is 2.65 bits per heavy atom. The first-order chi connectivity index (χ1) is 9.47. The number of nitrogen functional groups attached to an aromatic ring is 1. The quantitative estimate of drug-likeness (QED) is 0.854. The molecule has 0 saturated carbocycles. The average Bonchev–Trinajstić information content (AvgIpc) is 2.42. The maximum atomic E-state index is 13.4. The molecule has 2 N–H and O–H groups in total. The van der Waals surface area contributed by atoms with E-state index in [-0.39, 0.29) is 17.5 Å². The van der Waals surface area contributed by atoms with Crippen molar-refractivity contribution in [3.8, 4) is 0 Å². The van der Waals surface area contributed by atoms with Crippen molar-refractivity contribution in [2.45, 2.75) is 19.5 Å². The Bertz CT molecular complexity index is 601. The molecule has 0 heterocycles. The monoisotopic (exact) mass is 292 g/mol. The molecule has 0 aliphatic rings. The fraction of sp³-hybridized carbons (Fsp3) is 0.250. The topological polar surface area (TPSA) is 29.3 Å². The molecule has 0 aliphatic carbocycles. The zero-order chi connectivity index (χ0) is 14.7. The highest BCUT2D eigenvalue weighted by atomic mass is 35.5. The molecule has 0 aliphatic heterocycles. The second kappa shape index (κ2) is 6.25. The van der Waals surface area contributed by atoms with Crippen molar-refractivity contribution < 1.29 is 4.39 Å². The van der Waals surface area contributed by atoms with Crippen LogP contribution in [-0.4, -0.2) is 11.9 Å². The van der Waals surface area contributed by atoms with Crippen molar-refractivity contribution in [2.75, 3.05) is 12.8 Å². The van der Waals surface area contributed by atoms with Gasteiger partial charge in [-0.1, -0.05) is 29.8 Å². The third-order valence-electron chi connectivity index (χ3n) is 3.49. The maximum Gasteiger partial charge on any atom is 0.146 e. The Hall–Kier alpha value is -1.58. The first kappa shape index (κ1) is 14.8. The van der Waals surface area contributed by atoms with E-state index in [0.717, 1.165) is 16.1 Å². The van der Waals surface area contributed by atoms with Gasteiger partial charge in [0, 0.05) is 17.6 Å². The molecule has 2 aromatic rings. The van der Waals surface area contributed by atoms with E-state index in [4.69, 9.17) is 17.3 Å². The minimum atomic E-state index is -0.369. The predicted octanol–water partition coefficient (Wildman–Crippen LogP) is 4.25. The van der Waals surface area contributed by atoms with E-state index in [0.29, 0.717) is 6.54 Å². The molecule has 0 radical (unpaired) electrons. The van der Waals surface area contributed by atoms with Gasteiger partial charge in [0.1, 0.15) is 5.82 Å². The number of nitrogens with two attached hydrogens (primary N) is 1. The van der Waals surface area contributed by atoms with Crippen molar-refractivity contribution >= 4 is 17.3 Å². The maximum absolute atomic E-state index is 13.4. The van der Waals surface area contributed by atoms with E-state index in [1.54, 1.807) is 6.07 Å². The van der Waals surface area contributed by atoms with E-state index in [2.05, 4.69) is 11.8 Å². The Labute approximate surface area is 124 Å². The lowest BCUT2D eigenvalue weighted by atomic mass is 10.1. The molecule has 0 bridgehead atoms. The van der Waals surface area contributed by atoms with Crippen LogP contribution in [0.25, 0.3) is 0 Å². The van der Waals surface area contributed by atoms with Crippen LogP contribution in [0.3, 0.4) is 0 Å². The van der Waals surface area contributed by atoms with Crippen LogP contribution in [0, 0.1) is 5.82 Å². The molecule has 1 atom stereocenters. The van der Waals surface area contributed by atoms with Gasteiger partial charge in [0.25, 0.3) is 0 Å². The van der Waals surface area contributed by atoms with Gasteiger partial charge in [-0.2, -0.15) is 0 Å². The summed E-state index contributed by atoms with van der Waals surface area (Å²) in [5.74, 6) is -0.369. The minimum Gasteiger partial charge on any atom is -0.396 e. The van der Waals surface area contributed by atoms with E-state index >= 15 is 0 Å². The number of hydrogen-bond donors (Lipinski definition) is 1. The molecule has 0 spiro atoms. The number of halogens is 2. The number of hydrogen-bond acceptors (Lipinski definition) is 2. The smallest absolute Gasteiger partial charge is 0.146 e. The fourth-order valence-electron chi connectivity index (χ4n) is 2.11. The number of rotatable bonds is 4. The van der Waals surface area contributed by atoms with Gasteiger partial charge in [0.15, 0.2) is 0 Å². The molecular formula is C16H18ClFN2. The van der Waals surface area contributed by atoms with Crippen LogP contribution in [-0.2, 0) is 6.54 Å². The minimum absolute atomic E-state index is 0.180. The third kappa shape index (κ3) is 3.50. The molecule has 0 saturated heterocycles. The zero-order valence-corrected chi connectivity index (χ0v) is 12.4. The molecule has 4 heteroatoms. The fourth-order valence-corrected chi connectivity index (χ4v) is 2.31. The van der Waals surface area contributed by atoms with Gasteiger partial charge in [-0.3, -0.25) is 4.90 Å². The van der Waals surface area contributed by atoms with Crippen molar-refractivity contribution in [1.82, 2.24) is 4.90 Å². The average molecular weight is 293 g/mol. The van der Waals surface area contributed by atoms with Gasteiger partial charge in [-0.05, 0) is 49.4 Å². The highest BCUT2D eigenvalue weighted by Crippen LogP contribution is 2.23. The summed E-state index contributed by atoms with van der Waals surface area (Å²) >= 11 is 6.01. The Morgan fingerprint density at radius 1 is 1.25 bits per heavy atom. The van der Waals surface area contributed by atoms with Crippen LogP contribution in [0.4, 0.5) is 10.1 Å². The normalized spacial score (nSPS) is 12.7. The van der Waals surface area contributed by atoms with Crippen molar-refractivity contribution in [3.05, 3.63) is 64.4 Å². The van der Waals surface area contributed by atoms with Gasteiger partial charge in [-0.25, -0.2) is 4.39 Å². The Balaban J connectivity index is 2.11. The molecule has 20 heavy (non-hydrogen) atoms. The van der Waals surface area contributed by atoms with Crippen LogP contribution >= 0.6 is 11.6 Å². The van der Waals surface area contributed by atoms with Crippen molar-refractivity contribution in [2.24, 2.45) is 0 Å². The highest BCUT2D eigenvalue weighted by Gasteiger charge is 2.13. The lowest BCUT2D eigenvalue weighted by Crippen LogP contribution is -2.22. The van der Waals surface area contributed by atoms with Gasteiger partial charge >= 0.3 is 0 Å². The summed E-state index contributed by atoms with van der Waals surface area (Å²) in [6, 6.07) is 12.9. The summed E-state index contributed by atoms with van der Waals surface area (Å²) in [7, 11) is 2.00. The molecule has 0 amide bonds. The van der Waals surface area contributed by atoms with Gasteiger partial charge < -0.3 is 5.73 Å². The summed E-state index contributed by atoms with van der Waals surface area (Å²) in [5, 5.41) is 0.723. The largest absolute Gasteiger partial charge is 0.396 e. The Morgan fingerprint density at radius 2 is 2.00 bits per heavy atom. The van der Waals surface area contributed by atoms with Crippen LogP contribution in [0.15, 0.2) is 42.5 Å². The number of benzene rings is 2. The summed E-state index contributed by atoms with van der Waals surface area (Å²) in [6.07, 6.45) is 0. The molecule has 1 unspecified atom stereocenters. The summed E-state index contributed by atoms with van der Waals surface area (Å²) in [6.45, 7) is 2.74. The van der Waals surface area contributed by atoms with Crippen molar-refractivity contribution in [3.63, 3.8) is 0 Å². The first-order valence-electron chi connectivity index (χ1n) is 6.47. The zero-order valence-electron chi connectivity index (χ0n) is 11.6. The van der Waals surface area contributed by atoms with Crippen molar-refractivity contribution in [1.29, 1.82) is 0 Å². The molecule has 106 valence electrons. The van der Waals surface area contributed by atoms with E-state index in [9.17, 15) is 4.39 Å².